The third-order valence-electron chi connectivity index (χ3n) is 1.97. The lowest BCUT2D eigenvalue weighted by atomic mass is 10.3. The van der Waals surface area contributed by atoms with Crippen LogP contribution in [0.3, 0.4) is 0 Å². The molecule has 0 aliphatic heterocycles. The maximum atomic E-state index is 13.5. The van der Waals surface area contributed by atoms with Crippen LogP contribution in [0.15, 0.2) is 34.9 Å². The summed E-state index contributed by atoms with van der Waals surface area (Å²) in [5.74, 6) is -0.400. The number of nitrogens with two attached hydrogens (primary N) is 1. The van der Waals surface area contributed by atoms with Crippen LogP contribution < -0.4 is 10.5 Å². The molecule has 0 unspecified atom stereocenters. The van der Waals surface area contributed by atoms with Gasteiger partial charge in [0.1, 0.15) is 0 Å². The van der Waals surface area contributed by atoms with Crippen molar-refractivity contribution in [2.75, 3.05) is 5.73 Å². The number of ether oxygens (including phenoxy) is 1. The van der Waals surface area contributed by atoms with Gasteiger partial charge in [-0.15, -0.1) is 0 Å². The quantitative estimate of drug-likeness (QED) is 0.851. The molecule has 0 spiro atoms. The van der Waals surface area contributed by atoms with Crippen molar-refractivity contribution in [2.24, 2.45) is 0 Å². The topological polar surface area (TPSA) is 48.1 Å². The van der Waals surface area contributed by atoms with E-state index in [1.165, 1.54) is 18.3 Å². The lowest BCUT2D eigenvalue weighted by Crippen LogP contribution is -1.96. The Morgan fingerprint density at radius 1 is 1.41 bits per heavy atom. The highest BCUT2D eigenvalue weighted by Gasteiger charge is 2.11. The fourth-order valence-electron chi connectivity index (χ4n) is 1.21. The van der Waals surface area contributed by atoms with Gasteiger partial charge in [0.25, 0.3) is 0 Å². The summed E-state index contributed by atoms with van der Waals surface area (Å²) in [4.78, 5) is 3.93. The molecule has 2 aromatic rings. The van der Waals surface area contributed by atoms with Gasteiger partial charge in [0.15, 0.2) is 11.6 Å². The van der Waals surface area contributed by atoms with Crippen molar-refractivity contribution in [1.29, 1.82) is 0 Å². The highest BCUT2D eigenvalue weighted by Crippen LogP contribution is 2.33. The number of rotatable bonds is 2. The predicted molar refractivity (Wildman–Crippen MR) is 67.8 cm³/mol. The minimum atomic E-state index is -0.548. The standard InChI is InChI=1S/C11H7BrClFN2O/c12-7-4-6(13)5-16-11(7)17-10-8(14)2-1-3-9(10)15/h1-5H,15H2. The molecule has 1 aromatic heterocycles. The van der Waals surface area contributed by atoms with E-state index in [9.17, 15) is 4.39 Å². The molecule has 0 saturated carbocycles. The number of benzene rings is 1. The Labute approximate surface area is 110 Å². The van der Waals surface area contributed by atoms with Gasteiger partial charge in [-0.3, -0.25) is 0 Å². The van der Waals surface area contributed by atoms with Crippen molar-refractivity contribution < 1.29 is 9.13 Å². The van der Waals surface area contributed by atoms with Crippen LogP contribution in [0, 0.1) is 5.82 Å². The van der Waals surface area contributed by atoms with E-state index < -0.39 is 5.82 Å². The van der Waals surface area contributed by atoms with Crippen LogP contribution in [-0.4, -0.2) is 4.98 Å². The van der Waals surface area contributed by atoms with Crippen molar-refractivity contribution in [3.8, 4) is 11.6 Å². The number of anilines is 1. The maximum Gasteiger partial charge on any atom is 0.233 e. The molecule has 88 valence electrons. The van der Waals surface area contributed by atoms with Gasteiger partial charge in [0, 0.05) is 6.20 Å². The summed E-state index contributed by atoms with van der Waals surface area (Å²) in [6, 6.07) is 5.90. The van der Waals surface area contributed by atoms with E-state index in [4.69, 9.17) is 22.1 Å². The van der Waals surface area contributed by atoms with E-state index in [1.54, 1.807) is 12.1 Å². The molecule has 2 N–H and O–H groups in total. The van der Waals surface area contributed by atoms with E-state index in [2.05, 4.69) is 20.9 Å². The normalized spacial score (nSPS) is 10.3. The van der Waals surface area contributed by atoms with Crippen molar-refractivity contribution in [1.82, 2.24) is 4.98 Å². The second-order valence-electron chi connectivity index (χ2n) is 3.20. The second-order valence-corrected chi connectivity index (χ2v) is 4.49. The zero-order chi connectivity index (χ0) is 12.4. The number of halogens is 3. The molecule has 0 atom stereocenters. The Kier molecular flexibility index (Phi) is 3.49. The van der Waals surface area contributed by atoms with Gasteiger partial charge in [0.05, 0.1) is 15.2 Å². The van der Waals surface area contributed by atoms with Gasteiger partial charge >= 0.3 is 0 Å². The van der Waals surface area contributed by atoms with E-state index in [0.717, 1.165) is 0 Å². The SMILES string of the molecule is Nc1cccc(F)c1Oc1ncc(Cl)cc1Br. The molecular formula is C11H7BrClFN2O. The molecule has 6 heteroatoms. The summed E-state index contributed by atoms with van der Waals surface area (Å²) in [7, 11) is 0. The molecule has 0 fully saturated rings. The molecule has 0 aliphatic carbocycles. The maximum absolute atomic E-state index is 13.5. The lowest BCUT2D eigenvalue weighted by molar-refractivity contribution is 0.427. The number of nitrogen functional groups attached to an aromatic ring is 1. The van der Waals surface area contributed by atoms with E-state index in [1.807, 2.05) is 0 Å². The minimum absolute atomic E-state index is 0.0528. The highest BCUT2D eigenvalue weighted by molar-refractivity contribution is 9.10. The monoisotopic (exact) mass is 316 g/mol. The van der Waals surface area contributed by atoms with Crippen LogP contribution in [0.25, 0.3) is 0 Å². The Morgan fingerprint density at radius 3 is 2.82 bits per heavy atom. The average molecular weight is 318 g/mol. The van der Waals surface area contributed by atoms with Crippen LogP contribution in [0.4, 0.5) is 10.1 Å². The fraction of sp³-hybridized carbons (Fsp3) is 0. The Balaban J connectivity index is 2.38. The third kappa shape index (κ3) is 2.68. The predicted octanol–water partition coefficient (Wildman–Crippen LogP) is 4.01. The van der Waals surface area contributed by atoms with E-state index >= 15 is 0 Å². The molecule has 0 amide bonds. The molecule has 17 heavy (non-hydrogen) atoms. The molecule has 0 bridgehead atoms. The summed E-state index contributed by atoms with van der Waals surface area (Å²) in [5.41, 5.74) is 5.82. The van der Waals surface area contributed by atoms with Crippen LogP contribution in [0.2, 0.25) is 5.02 Å². The second kappa shape index (κ2) is 4.89. The lowest BCUT2D eigenvalue weighted by Gasteiger charge is -2.09. The number of aromatic nitrogens is 1. The first-order valence-electron chi connectivity index (χ1n) is 4.61. The first-order chi connectivity index (χ1) is 8.08. The summed E-state index contributed by atoms with van der Waals surface area (Å²) >= 11 is 8.95. The zero-order valence-electron chi connectivity index (χ0n) is 8.45. The Morgan fingerprint density at radius 2 is 2.18 bits per heavy atom. The van der Waals surface area contributed by atoms with Gasteiger partial charge in [-0.25, -0.2) is 9.37 Å². The fourth-order valence-corrected chi connectivity index (χ4v) is 1.93. The molecule has 0 radical (unpaired) electrons. The first kappa shape index (κ1) is 12.1. The van der Waals surface area contributed by atoms with Crippen LogP contribution in [0.5, 0.6) is 11.6 Å². The van der Waals surface area contributed by atoms with Gasteiger partial charge in [-0.1, -0.05) is 17.7 Å². The van der Waals surface area contributed by atoms with Crippen LogP contribution in [0.1, 0.15) is 0 Å². The zero-order valence-corrected chi connectivity index (χ0v) is 10.8. The number of pyridine rings is 1. The number of para-hydroxylation sites is 1. The van der Waals surface area contributed by atoms with Crippen molar-refractivity contribution in [3.63, 3.8) is 0 Å². The number of hydrogen-bond acceptors (Lipinski definition) is 3. The summed E-state index contributed by atoms with van der Waals surface area (Å²) < 4.78 is 19.3. The van der Waals surface area contributed by atoms with Gasteiger partial charge < -0.3 is 10.5 Å². The molecule has 1 heterocycles. The van der Waals surface area contributed by atoms with Crippen molar-refractivity contribution in [3.05, 3.63) is 45.8 Å². The van der Waals surface area contributed by atoms with Crippen molar-refractivity contribution in [2.45, 2.75) is 0 Å². The van der Waals surface area contributed by atoms with Crippen LogP contribution >= 0.6 is 27.5 Å². The molecular weight excluding hydrogens is 310 g/mol. The van der Waals surface area contributed by atoms with Crippen LogP contribution in [-0.2, 0) is 0 Å². The molecule has 0 saturated heterocycles. The number of nitrogens with zero attached hydrogens (tertiary/aromatic N) is 1. The molecule has 3 nitrogen and oxygen atoms in total. The van der Waals surface area contributed by atoms with Gasteiger partial charge in [0.2, 0.25) is 5.88 Å². The van der Waals surface area contributed by atoms with E-state index in [0.29, 0.717) is 9.50 Å². The smallest absolute Gasteiger partial charge is 0.233 e. The molecule has 0 aliphatic rings. The molecule has 2 rings (SSSR count). The van der Waals surface area contributed by atoms with Gasteiger partial charge in [-0.2, -0.15) is 0 Å². The largest absolute Gasteiger partial charge is 0.433 e. The average Bonchev–Trinajstić information content (AvgIpc) is 2.26. The van der Waals surface area contributed by atoms with Crippen molar-refractivity contribution >= 4 is 33.2 Å². The van der Waals surface area contributed by atoms with E-state index in [-0.39, 0.29) is 17.3 Å². The van der Waals surface area contributed by atoms with Gasteiger partial charge in [-0.05, 0) is 34.1 Å². The summed E-state index contributed by atoms with van der Waals surface area (Å²) in [6.45, 7) is 0. The summed E-state index contributed by atoms with van der Waals surface area (Å²) in [6.07, 6.45) is 1.40. The third-order valence-corrected chi connectivity index (χ3v) is 2.75. The molecule has 1 aromatic carbocycles. The Bertz CT molecular complexity index is 545. The first-order valence-corrected chi connectivity index (χ1v) is 5.78. The highest BCUT2D eigenvalue weighted by atomic mass is 79.9. The minimum Gasteiger partial charge on any atom is -0.433 e. The Hall–Kier alpha value is -1.33. The summed E-state index contributed by atoms with van der Waals surface area (Å²) in [5, 5.41) is 0.450. The number of hydrogen-bond donors (Lipinski definition) is 1.